The Morgan fingerprint density at radius 3 is 2.60 bits per heavy atom. The fourth-order valence-electron chi connectivity index (χ4n) is 1.79. The van der Waals surface area contributed by atoms with Gasteiger partial charge in [0.2, 0.25) is 0 Å². The average molecular weight is 278 g/mol. The third-order valence-corrected chi connectivity index (χ3v) is 3.21. The van der Waals surface area contributed by atoms with E-state index in [0.717, 1.165) is 19.0 Å². The molecule has 0 amide bonds. The second kappa shape index (κ2) is 9.20. The lowest BCUT2D eigenvalue weighted by Crippen LogP contribution is -2.45. The Balaban J connectivity index is 2.40. The minimum Gasteiger partial charge on any atom is -0.383 e. The van der Waals surface area contributed by atoms with E-state index in [2.05, 4.69) is 58.8 Å². The first-order valence-electron chi connectivity index (χ1n) is 6.90. The standard InChI is InChI=1S/C15H26N4O/c1-13(19(3)14-8-6-5-7-9-14)12-18-15(16-2)17-10-11-20-4/h5-9,13H,10-12H2,1-4H3,(H2,16,17,18). The monoisotopic (exact) mass is 278 g/mol. The Hall–Kier alpha value is -1.75. The summed E-state index contributed by atoms with van der Waals surface area (Å²) in [6.45, 7) is 4.42. The molecule has 1 atom stereocenters. The molecule has 0 heterocycles. The lowest BCUT2D eigenvalue weighted by atomic mass is 10.2. The fourth-order valence-corrected chi connectivity index (χ4v) is 1.79. The number of aliphatic imine (C=N–C) groups is 1. The molecule has 5 heteroatoms. The van der Waals surface area contributed by atoms with Crippen molar-refractivity contribution in [3.63, 3.8) is 0 Å². The molecule has 1 unspecified atom stereocenters. The number of hydrogen-bond acceptors (Lipinski definition) is 3. The molecule has 0 saturated heterocycles. The van der Waals surface area contributed by atoms with Gasteiger partial charge in [-0.1, -0.05) is 18.2 Å². The summed E-state index contributed by atoms with van der Waals surface area (Å²) in [5, 5.41) is 6.52. The summed E-state index contributed by atoms with van der Waals surface area (Å²) < 4.78 is 5.00. The predicted octanol–water partition coefficient (Wildman–Crippen LogP) is 1.32. The highest BCUT2D eigenvalue weighted by Crippen LogP contribution is 2.13. The summed E-state index contributed by atoms with van der Waals surface area (Å²) >= 11 is 0. The molecular formula is C15H26N4O. The highest BCUT2D eigenvalue weighted by molar-refractivity contribution is 5.79. The number of rotatable bonds is 7. The minimum absolute atomic E-state index is 0.360. The van der Waals surface area contributed by atoms with Crippen molar-refractivity contribution >= 4 is 11.6 Å². The van der Waals surface area contributed by atoms with Crippen LogP contribution in [-0.2, 0) is 4.74 Å². The number of guanidine groups is 1. The van der Waals surface area contributed by atoms with Gasteiger partial charge in [0.05, 0.1) is 6.61 Å². The van der Waals surface area contributed by atoms with Crippen LogP contribution in [0, 0.1) is 0 Å². The van der Waals surface area contributed by atoms with Crippen molar-refractivity contribution in [1.29, 1.82) is 0 Å². The first-order chi connectivity index (χ1) is 9.69. The molecule has 20 heavy (non-hydrogen) atoms. The molecule has 0 aliphatic heterocycles. The van der Waals surface area contributed by atoms with Crippen LogP contribution in [0.15, 0.2) is 35.3 Å². The van der Waals surface area contributed by atoms with Crippen LogP contribution in [0.4, 0.5) is 5.69 Å². The zero-order chi connectivity index (χ0) is 14.8. The largest absolute Gasteiger partial charge is 0.383 e. The third-order valence-electron chi connectivity index (χ3n) is 3.21. The Bertz CT molecular complexity index is 394. The molecule has 1 rings (SSSR count). The molecule has 0 aliphatic carbocycles. The smallest absolute Gasteiger partial charge is 0.191 e. The van der Waals surface area contributed by atoms with Crippen LogP contribution in [0.2, 0.25) is 0 Å². The maximum atomic E-state index is 5.00. The highest BCUT2D eigenvalue weighted by atomic mass is 16.5. The number of likely N-dealkylation sites (N-methyl/N-ethyl adjacent to an activating group) is 1. The molecule has 5 nitrogen and oxygen atoms in total. The third kappa shape index (κ3) is 5.48. The molecule has 0 spiro atoms. The van der Waals surface area contributed by atoms with E-state index in [4.69, 9.17) is 4.74 Å². The molecule has 0 aliphatic rings. The van der Waals surface area contributed by atoms with Crippen molar-refractivity contribution in [2.45, 2.75) is 13.0 Å². The predicted molar refractivity (Wildman–Crippen MR) is 85.5 cm³/mol. The van der Waals surface area contributed by atoms with E-state index in [1.54, 1.807) is 14.2 Å². The van der Waals surface area contributed by atoms with Crippen LogP contribution >= 0.6 is 0 Å². The van der Waals surface area contributed by atoms with E-state index >= 15 is 0 Å². The van der Waals surface area contributed by atoms with Crippen molar-refractivity contribution in [2.24, 2.45) is 4.99 Å². The molecule has 0 aromatic heterocycles. The van der Waals surface area contributed by atoms with Crippen molar-refractivity contribution in [1.82, 2.24) is 10.6 Å². The number of para-hydroxylation sites is 1. The Labute approximate surface area is 122 Å². The lowest BCUT2D eigenvalue weighted by molar-refractivity contribution is 0.203. The van der Waals surface area contributed by atoms with Gasteiger partial charge < -0.3 is 20.3 Å². The molecule has 2 N–H and O–H groups in total. The highest BCUT2D eigenvalue weighted by Gasteiger charge is 2.10. The van der Waals surface area contributed by atoms with E-state index in [-0.39, 0.29) is 0 Å². The van der Waals surface area contributed by atoms with Crippen molar-refractivity contribution in [3.8, 4) is 0 Å². The van der Waals surface area contributed by atoms with Gasteiger partial charge in [0.15, 0.2) is 5.96 Å². The number of nitrogens with zero attached hydrogens (tertiary/aromatic N) is 2. The van der Waals surface area contributed by atoms with Gasteiger partial charge in [-0.15, -0.1) is 0 Å². The first-order valence-corrected chi connectivity index (χ1v) is 6.90. The fraction of sp³-hybridized carbons (Fsp3) is 0.533. The van der Waals surface area contributed by atoms with Crippen molar-refractivity contribution in [2.75, 3.05) is 45.8 Å². The molecule has 0 saturated carbocycles. The number of methoxy groups -OCH3 is 1. The van der Waals surface area contributed by atoms with Gasteiger partial charge in [-0.25, -0.2) is 0 Å². The Morgan fingerprint density at radius 2 is 2.00 bits per heavy atom. The molecule has 112 valence electrons. The van der Waals surface area contributed by atoms with Crippen LogP contribution in [0.5, 0.6) is 0 Å². The van der Waals surface area contributed by atoms with E-state index in [9.17, 15) is 0 Å². The first kappa shape index (κ1) is 16.3. The molecule has 0 radical (unpaired) electrons. The summed E-state index contributed by atoms with van der Waals surface area (Å²) in [5.41, 5.74) is 1.21. The maximum absolute atomic E-state index is 5.00. The second-order valence-electron chi connectivity index (χ2n) is 4.67. The topological polar surface area (TPSA) is 48.9 Å². The van der Waals surface area contributed by atoms with Gasteiger partial charge in [-0.3, -0.25) is 4.99 Å². The van der Waals surface area contributed by atoms with Crippen molar-refractivity contribution in [3.05, 3.63) is 30.3 Å². The maximum Gasteiger partial charge on any atom is 0.191 e. The molecule has 1 aromatic rings. The van der Waals surface area contributed by atoms with Gasteiger partial charge >= 0.3 is 0 Å². The van der Waals surface area contributed by atoms with E-state index < -0.39 is 0 Å². The second-order valence-corrected chi connectivity index (χ2v) is 4.67. The van der Waals surface area contributed by atoms with Gasteiger partial charge in [-0.2, -0.15) is 0 Å². The quantitative estimate of drug-likeness (QED) is 0.449. The van der Waals surface area contributed by atoms with E-state index in [1.807, 2.05) is 6.07 Å². The summed E-state index contributed by atoms with van der Waals surface area (Å²) in [7, 11) is 5.56. The lowest BCUT2D eigenvalue weighted by Gasteiger charge is -2.27. The number of nitrogens with one attached hydrogen (secondary N) is 2. The Kier molecular flexibility index (Phi) is 7.50. The number of hydrogen-bond donors (Lipinski definition) is 2. The van der Waals surface area contributed by atoms with Gasteiger partial charge in [0, 0.05) is 46.0 Å². The SMILES string of the molecule is CN=C(NCCOC)NCC(C)N(C)c1ccccc1. The number of anilines is 1. The molecule has 0 fully saturated rings. The van der Waals surface area contributed by atoms with Crippen LogP contribution in [0.3, 0.4) is 0 Å². The number of benzene rings is 1. The van der Waals surface area contributed by atoms with E-state index in [0.29, 0.717) is 12.6 Å². The van der Waals surface area contributed by atoms with Crippen LogP contribution in [0.1, 0.15) is 6.92 Å². The summed E-state index contributed by atoms with van der Waals surface area (Å²) in [6.07, 6.45) is 0. The molecule has 1 aromatic carbocycles. The van der Waals surface area contributed by atoms with Crippen LogP contribution in [0.25, 0.3) is 0 Å². The zero-order valence-electron chi connectivity index (χ0n) is 12.9. The number of ether oxygens (including phenoxy) is 1. The van der Waals surface area contributed by atoms with Crippen LogP contribution < -0.4 is 15.5 Å². The van der Waals surface area contributed by atoms with Gasteiger partial charge in [0.25, 0.3) is 0 Å². The average Bonchev–Trinajstić information content (AvgIpc) is 2.50. The van der Waals surface area contributed by atoms with Gasteiger partial charge in [-0.05, 0) is 19.1 Å². The summed E-state index contributed by atoms with van der Waals surface area (Å²) in [4.78, 5) is 6.43. The zero-order valence-corrected chi connectivity index (χ0v) is 12.9. The van der Waals surface area contributed by atoms with Gasteiger partial charge in [0.1, 0.15) is 0 Å². The van der Waals surface area contributed by atoms with Crippen molar-refractivity contribution < 1.29 is 4.74 Å². The van der Waals surface area contributed by atoms with Crippen LogP contribution in [-0.4, -0.2) is 52.9 Å². The summed E-state index contributed by atoms with van der Waals surface area (Å²) in [5.74, 6) is 0.801. The van der Waals surface area contributed by atoms with E-state index in [1.165, 1.54) is 5.69 Å². The minimum atomic E-state index is 0.360. The molecular weight excluding hydrogens is 252 g/mol. The molecule has 0 bridgehead atoms. The summed E-state index contributed by atoms with van der Waals surface area (Å²) in [6, 6.07) is 10.7. The normalized spacial score (nSPS) is 12.9. The Morgan fingerprint density at radius 1 is 1.30 bits per heavy atom.